The highest BCUT2D eigenvalue weighted by Crippen LogP contribution is 2.43. The summed E-state index contributed by atoms with van der Waals surface area (Å²) in [6.07, 6.45) is 16.0. The first-order chi connectivity index (χ1) is 11.1. The molecule has 0 heterocycles. The summed E-state index contributed by atoms with van der Waals surface area (Å²) in [5.74, 6) is 0. The van der Waals surface area contributed by atoms with Gasteiger partial charge in [0.1, 0.15) is 0 Å². The molecule has 0 unspecified atom stereocenters. The van der Waals surface area contributed by atoms with E-state index < -0.39 is 0 Å². The second kappa shape index (κ2) is 10.4. The molecular weight excluding hydrogens is 300 g/mol. The van der Waals surface area contributed by atoms with Crippen molar-refractivity contribution in [1.29, 1.82) is 0 Å². The van der Waals surface area contributed by atoms with Gasteiger partial charge in [-0.25, -0.2) is 0 Å². The summed E-state index contributed by atoms with van der Waals surface area (Å²) in [5, 5.41) is 0. The average molecular weight is 353 g/mol. The van der Waals surface area contributed by atoms with Crippen LogP contribution >= 0.6 is 0 Å². The van der Waals surface area contributed by atoms with Gasteiger partial charge in [0.15, 0.2) is 0 Å². The molecule has 0 heteroatoms. The van der Waals surface area contributed by atoms with Crippen molar-refractivity contribution in [1.82, 2.24) is 0 Å². The molecule has 3 aliphatic carbocycles. The molecule has 0 amide bonds. The van der Waals surface area contributed by atoms with Gasteiger partial charge in [-0.15, -0.1) is 0 Å². The van der Waals surface area contributed by atoms with E-state index in [2.05, 4.69) is 69.2 Å². The molecule has 0 N–H and O–H groups in total. The second-order valence-corrected chi connectivity index (χ2v) is 12.8. The average Bonchev–Trinajstić information content (AvgIpc) is 2.93. The molecule has 0 aromatic heterocycles. The Morgan fingerprint density at radius 2 is 0.560 bits per heavy atom. The van der Waals surface area contributed by atoms with E-state index in [-0.39, 0.29) is 0 Å². The van der Waals surface area contributed by atoms with Gasteiger partial charge in [0.25, 0.3) is 0 Å². The Kier molecular flexibility index (Phi) is 10.4. The van der Waals surface area contributed by atoms with Crippen LogP contribution in [0.4, 0.5) is 0 Å². The molecule has 25 heavy (non-hydrogen) atoms. The Hall–Kier alpha value is 0. The minimum atomic E-state index is 0.500. The maximum atomic E-state index is 2.38. The van der Waals surface area contributed by atoms with Gasteiger partial charge in [-0.1, -0.05) is 101 Å². The Morgan fingerprint density at radius 1 is 0.400 bits per heavy atom. The van der Waals surface area contributed by atoms with Gasteiger partial charge in [0.05, 0.1) is 0 Å². The fourth-order valence-electron chi connectivity index (χ4n) is 3.09. The van der Waals surface area contributed by atoms with Gasteiger partial charge < -0.3 is 0 Å². The molecular formula is C25H52. The highest BCUT2D eigenvalue weighted by molar-refractivity contribution is 4.82. The SMILES string of the molecule is CC(C)(C)C.CC1(C)CC1.CC1(C)CCCC1.CC1(C)CCCCC1. The minimum Gasteiger partial charge on any atom is -0.0604 e. The number of hydrogen-bond acceptors (Lipinski definition) is 0. The van der Waals surface area contributed by atoms with Crippen LogP contribution in [0, 0.1) is 21.7 Å². The van der Waals surface area contributed by atoms with Crippen molar-refractivity contribution in [3.8, 4) is 0 Å². The molecule has 0 bridgehead atoms. The largest absolute Gasteiger partial charge is 0.0604 e. The lowest BCUT2D eigenvalue weighted by molar-refractivity contribution is 0.244. The fourth-order valence-corrected chi connectivity index (χ4v) is 3.09. The summed E-state index contributed by atoms with van der Waals surface area (Å²) in [5.41, 5.74) is 2.62. The van der Waals surface area contributed by atoms with Crippen LogP contribution in [0.25, 0.3) is 0 Å². The summed E-state index contributed by atoms with van der Waals surface area (Å²) in [6.45, 7) is 22.8. The summed E-state index contributed by atoms with van der Waals surface area (Å²) >= 11 is 0. The molecule has 152 valence electrons. The fraction of sp³-hybridized carbons (Fsp3) is 1.00. The summed E-state index contributed by atoms with van der Waals surface area (Å²) in [4.78, 5) is 0. The van der Waals surface area contributed by atoms with Crippen LogP contribution in [0.3, 0.4) is 0 Å². The topological polar surface area (TPSA) is 0 Å². The van der Waals surface area contributed by atoms with Crippen molar-refractivity contribution in [2.75, 3.05) is 0 Å². The van der Waals surface area contributed by atoms with Crippen LogP contribution < -0.4 is 0 Å². The Morgan fingerprint density at radius 3 is 0.640 bits per heavy atom. The lowest BCUT2D eigenvalue weighted by Gasteiger charge is -2.28. The molecule has 3 fully saturated rings. The third-order valence-corrected chi connectivity index (χ3v) is 5.41. The van der Waals surface area contributed by atoms with Crippen molar-refractivity contribution in [2.24, 2.45) is 21.7 Å². The highest BCUT2D eigenvalue weighted by Gasteiger charge is 2.30. The van der Waals surface area contributed by atoms with Crippen LogP contribution in [0.15, 0.2) is 0 Å². The molecule has 3 aliphatic rings. The molecule has 3 rings (SSSR count). The first-order valence-corrected chi connectivity index (χ1v) is 11.1. The number of hydrogen-bond donors (Lipinski definition) is 0. The van der Waals surface area contributed by atoms with Crippen LogP contribution in [0.1, 0.15) is 140 Å². The molecule has 0 atom stereocenters. The molecule has 0 radical (unpaired) electrons. The molecule has 0 nitrogen and oxygen atoms in total. The van der Waals surface area contributed by atoms with E-state index in [1.807, 2.05) is 0 Å². The summed E-state index contributed by atoms with van der Waals surface area (Å²) in [6, 6.07) is 0. The third kappa shape index (κ3) is 20.2. The van der Waals surface area contributed by atoms with Crippen molar-refractivity contribution in [3.05, 3.63) is 0 Å². The monoisotopic (exact) mass is 352 g/mol. The zero-order chi connectivity index (χ0) is 19.8. The van der Waals surface area contributed by atoms with E-state index in [0.29, 0.717) is 16.2 Å². The van der Waals surface area contributed by atoms with E-state index in [1.165, 1.54) is 70.6 Å². The summed E-state index contributed by atoms with van der Waals surface area (Å²) in [7, 11) is 0. The van der Waals surface area contributed by atoms with E-state index >= 15 is 0 Å². The second-order valence-electron chi connectivity index (χ2n) is 12.8. The van der Waals surface area contributed by atoms with Gasteiger partial charge in [0.2, 0.25) is 0 Å². The predicted octanol–water partition coefficient (Wildman–Crippen LogP) is 9.42. The molecule has 0 aliphatic heterocycles. The Balaban J connectivity index is 0.000000314. The van der Waals surface area contributed by atoms with Crippen LogP contribution in [0.5, 0.6) is 0 Å². The van der Waals surface area contributed by atoms with Gasteiger partial charge in [-0.2, -0.15) is 0 Å². The van der Waals surface area contributed by atoms with Crippen LogP contribution in [-0.4, -0.2) is 0 Å². The van der Waals surface area contributed by atoms with E-state index in [0.717, 1.165) is 5.41 Å². The Labute approximate surface area is 161 Å². The van der Waals surface area contributed by atoms with Crippen molar-refractivity contribution in [3.63, 3.8) is 0 Å². The quantitative estimate of drug-likeness (QED) is 0.407. The first-order valence-electron chi connectivity index (χ1n) is 11.1. The predicted molar refractivity (Wildman–Crippen MR) is 117 cm³/mol. The standard InChI is InChI=1S/C8H16.C7H14.C5H10.C5H12/c1-8(2)6-4-3-5-7-8;1-7(2)5-3-4-6-7;1-5(2)3-4-5;1-5(2,3)4/h3-7H2,1-2H3;3-6H2,1-2H3;3-4H2,1-2H3;1-4H3. The zero-order valence-electron chi connectivity index (χ0n) is 19.8. The normalized spacial score (nSPS) is 25.2. The van der Waals surface area contributed by atoms with Gasteiger partial charge in [-0.05, 0) is 60.2 Å². The molecule has 3 saturated carbocycles. The molecule has 0 saturated heterocycles. The van der Waals surface area contributed by atoms with Crippen LogP contribution in [0.2, 0.25) is 0 Å². The molecule has 0 aromatic carbocycles. The lowest BCUT2D eigenvalue weighted by atomic mass is 9.78. The maximum absolute atomic E-state index is 2.38. The van der Waals surface area contributed by atoms with E-state index in [4.69, 9.17) is 0 Å². The van der Waals surface area contributed by atoms with Gasteiger partial charge in [-0.3, -0.25) is 0 Å². The highest BCUT2D eigenvalue weighted by atomic mass is 14.4. The first kappa shape index (κ1) is 25.0. The van der Waals surface area contributed by atoms with Crippen LogP contribution in [-0.2, 0) is 0 Å². The molecule has 0 aromatic rings. The summed E-state index contributed by atoms with van der Waals surface area (Å²) < 4.78 is 0. The van der Waals surface area contributed by atoms with Crippen molar-refractivity contribution < 1.29 is 0 Å². The van der Waals surface area contributed by atoms with Gasteiger partial charge in [0, 0.05) is 0 Å². The van der Waals surface area contributed by atoms with E-state index in [9.17, 15) is 0 Å². The van der Waals surface area contributed by atoms with Crippen molar-refractivity contribution >= 4 is 0 Å². The van der Waals surface area contributed by atoms with Gasteiger partial charge >= 0.3 is 0 Å². The third-order valence-electron chi connectivity index (χ3n) is 5.41. The smallest absolute Gasteiger partial charge is 0.0354 e. The lowest BCUT2D eigenvalue weighted by Crippen LogP contribution is -2.14. The minimum absolute atomic E-state index is 0.500. The van der Waals surface area contributed by atoms with E-state index in [1.54, 1.807) is 0 Å². The zero-order valence-corrected chi connectivity index (χ0v) is 19.8. The Bertz CT molecular complexity index is 305. The maximum Gasteiger partial charge on any atom is -0.0354 e. The number of rotatable bonds is 0. The van der Waals surface area contributed by atoms with Crippen molar-refractivity contribution in [2.45, 2.75) is 140 Å². The molecule has 0 spiro atoms.